The highest BCUT2D eigenvalue weighted by molar-refractivity contribution is 9.10. The summed E-state index contributed by atoms with van der Waals surface area (Å²) in [5.41, 5.74) is 1.29. The van der Waals surface area contributed by atoms with Crippen LogP contribution in [0.4, 0.5) is 0 Å². The molecule has 118 valence electrons. The molecular formula is C19H18BrNO2. The Balaban J connectivity index is 1.77. The van der Waals surface area contributed by atoms with E-state index in [1.165, 1.54) is 24.2 Å². The average Bonchev–Trinajstić information content (AvgIpc) is 2.59. The molecule has 1 aliphatic carbocycles. The quantitative estimate of drug-likeness (QED) is 0.712. The minimum Gasteiger partial charge on any atom is -0.274 e. The summed E-state index contributed by atoms with van der Waals surface area (Å²) in [7, 11) is 0. The second-order valence-corrected chi connectivity index (χ2v) is 7.40. The lowest BCUT2D eigenvalue weighted by Crippen LogP contribution is -2.43. The predicted molar refractivity (Wildman–Crippen MR) is 93.6 cm³/mol. The van der Waals surface area contributed by atoms with Crippen molar-refractivity contribution in [1.29, 1.82) is 0 Å². The van der Waals surface area contributed by atoms with Gasteiger partial charge in [-0.25, -0.2) is 0 Å². The van der Waals surface area contributed by atoms with E-state index in [0.29, 0.717) is 23.6 Å². The van der Waals surface area contributed by atoms with Gasteiger partial charge in [0, 0.05) is 27.5 Å². The molecule has 4 rings (SSSR count). The van der Waals surface area contributed by atoms with Crippen molar-refractivity contribution in [1.82, 2.24) is 4.90 Å². The highest BCUT2D eigenvalue weighted by atomic mass is 79.9. The predicted octanol–water partition coefficient (Wildman–Crippen LogP) is 4.78. The van der Waals surface area contributed by atoms with Crippen LogP contribution in [0.15, 0.2) is 34.8 Å². The zero-order valence-corrected chi connectivity index (χ0v) is 14.4. The van der Waals surface area contributed by atoms with Gasteiger partial charge < -0.3 is 0 Å². The molecule has 0 N–H and O–H groups in total. The smallest absolute Gasteiger partial charge is 0.261 e. The maximum atomic E-state index is 12.9. The van der Waals surface area contributed by atoms with Crippen molar-refractivity contribution in [3.05, 3.63) is 45.9 Å². The first kappa shape index (κ1) is 14.9. The minimum atomic E-state index is -0.142. The lowest BCUT2D eigenvalue weighted by molar-refractivity contribution is 0.0572. The largest absolute Gasteiger partial charge is 0.274 e. The summed E-state index contributed by atoms with van der Waals surface area (Å²) in [6, 6.07) is 9.40. The summed E-state index contributed by atoms with van der Waals surface area (Å²) in [5, 5.41) is 1.72. The Morgan fingerprint density at radius 3 is 2.39 bits per heavy atom. The third-order valence-corrected chi connectivity index (χ3v) is 5.80. The van der Waals surface area contributed by atoms with Crippen molar-refractivity contribution in [2.24, 2.45) is 5.92 Å². The molecule has 0 saturated heterocycles. The molecule has 0 unspecified atom stereocenters. The summed E-state index contributed by atoms with van der Waals surface area (Å²) in [5.74, 6) is 0.168. The van der Waals surface area contributed by atoms with E-state index in [0.717, 1.165) is 28.1 Å². The number of hydrogen-bond acceptors (Lipinski definition) is 2. The van der Waals surface area contributed by atoms with Crippen molar-refractivity contribution in [3.8, 4) is 0 Å². The Bertz CT molecular complexity index is 786. The molecule has 4 heteroatoms. The van der Waals surface area contributed by atoms with E-state index in [1.54, 1.807) is 0 Å². The number of benzene rings is 2. The molecule has 23 heavy (non-hydrogen) atoms. The Morgan fingerprint density at radius 2 is 1.65 bits per heavy atom. The maximum absolute atomic E-state index is 12.9. The number of carbonyl (C=O) groups is 2. The van der Waals surface area contributed by atoms with Gasteiger partial charge >= 0.3 is 0 Å². The molecule has 1 aliphatic heterocycles. The fourth-order valence-corrected chi connectivity index (χ4v) is 4.37. The van der Waals surface area contributed by atoms with Crippen LogP contribution in [0, 0.1) is 5.92 Å². The summed E-state index contributed by atoms with van der Waals surface area (Å²) in [6.45, 7) is 0.559. The molecule has 1 saturated carbocycles. The highest BCUT2D eigenvalue weighted by Gasteiger charge is 2.34. The van der Waals surface area contributed by atoms with Crippen LogP contribution < -0.4 is 0 Å². The number of nitrogens with zero attached hydrogens (tertiary/aromatic N) is 1. The normalized spacial score (nSPS) is 18.7. The molecule has 1 heterocycles. The second-order valence-electron chi connectivity index (χ2n) is 6.55. The van der Waals surface area contributed by atoms with Crippen LogP contribution in [0.5, 0.6) is 0 Å². The van der Waals surface area contributed by atoms with Crippen LogP contribution in [0.2, 0.25) is 0 Å². The molecule has 2 aliphatic rings. The number of halogens is 1. The van der Waals surface area contributed by atoms with Gasteiger partial charge in [0.15, 0.2) is 0 Å². The number of amides is 2. The second kappa shape index (κ2) is 5.75. The molecule has 0 bridgehead atoms. The van der Waals surface area contributed by atoms with E-state index in [-0.39, 0.29) is 11.8 Å². The molecule has 2 aromatic carbocycles. The Hall–Kier alpha value is -1.68. The van der Waals surface area contributed by atoms with Gasteiger partial charge in [-0.1, -0.05) is 47.3 Å². The third-order valence-electron chi connectivity index (χ3n) is 5.10. The van der Waals surface area contributed by atoms with Crippen LogP contribution in [0.1, 0.15) is 52.8 Å². The van der Waals surface area contributed by atoms with Gasteiger partial charge in [0.2, 0.25) is 0 Å². The van der Waals surface area contributed by atoms with E-state index in [4.69, 9.17) is 0 Å². The minimum absolute atomic E-state index is 0.142. The maximum Gasteiger partial charge on any atom is 0.261 e. The van der Waals surface area contributed by atoms with E-state index in [1.807, 2.05) is 30.3 Å². The summed E-state index contributed by atoms with van der Waals surface area (Å²) in [6.07, 6.45) is 5.93. The number of carbonyl (C=O) groups excluding carboxylic acids is 2. The third kappa shape index (κ3) is 2.40. The average molecular weight is 372 g/mol. The van der Waals surface area contributed by atoms with Gasteiger partial charge in [0.25, 0.3) is 11.8 Å². The lowest BCUT2D eigenvalue weighted by Gasteiger charge is -2.32. The fourth-order valence-electron chi connectivity index (χ4n) is 3.90. The zero-order valence-electron chi connectivity index (χ0n) is 12.8. The van der Waals surface area contributed by atoms with Crippen LogP contribution in [0.3, 0.4) is 0 Å². The Labute approximate surface area is 143 Å². The van der Waals surface area contributed by atoms with E-state index in [2.05, 4.69) is 15.9 Å². The van der Waals surface area contributed by atoms with Crippen molar-refractivity contribution in [3.63, 3.8) is 0 Å². The molecule has 0 radical (unpaired) electrons. The molecule has 0 aromatic heterocycles. The Kier molecular flexibility index (Phi) is 3.72. The van der Waals surface area contributed by atoms with Crippen LogP contribution in [-0.4, -0.2) is 23.3 Å². The number of imide groups is 1. The number of hydrogen-bond donors (Lipinski definition) is 0. The standard InChI is InChI=1S/C19H18BrNO2/c20-16-10-9-15-17-13(16)7-4-8-14(17)18(22)21(19(15)23)11-12-5-2-1-3-6-12/h4,7-10,12H,1-3,5-6,11H2. The van der Waals surface area contributed by atoms with E-state index < -0.39 is 0 Å². The molecule has 1 fully saturated rings. The van der Waals surface area contributed by atoms with Crippen molar-refractivity contribution >= 4 is 38.5 Å². The topological polar surface area (TPSA) is 37.4 Å². The molecule has 0 spiro atoms. The first-order valence-electron chi connectivity index (χ1n) is 8.24. The summed E-state index contributed by atoms with van der Waals surface area (Å²) < 4.78 is 0.916. The number of rotatable bonds is 2. The van der Waals surface area contributed by atoms with Gasteiger partial charge in [-0.15, -0.1) is 0 Å². The van der Waals surface area contributed by atoms with E-state index in [9.17, 15) is 9.59 Å². The molecule has 0 atom stereocenters. The highest BCUT2D eigenvalue weighted by Crippen LogP contribution is 2.35. The van der Waals surface area contributed by atoms with Crippen molar-refractivity contribution < 1.29 is 9.59 Å². The molecule has 3 nitrogen and oxygen atoms in total. The SMILES string of the molecule is O=C1c2cccc3c(Br)ccc(c23)C(=O)N1CC1CCCCC1. The monoisotopic (exact) mass is 371 g/mol. The molecular weight excluding hydrogens is 354 g/mol. The van der Waals surface area contributed by atoms with Crippen LogP contribution in [0.25, 0.3) is 10.8 Å². The zero-order chi connectivity index (χ0) is 16.0. The van der Waals surface area contributed by atoms with Crippen molar-refractivity contribution in [2.45, 2.75) is 32.1 Å². The lowest BCUT2D eigenvalue weighted by atomic mass is 9.87. The first-order valence-corrected chi connectivity index (χ1v) is 9.03. The van der Waals surface area contributed by atoms with E-state index >= 15 is 0 Å². The van der Waals surface area contributed by atoms with Crippen molar-refractivity contribution in [2.75, 3.05) is 6.54 Å². The van der Waals surface area contributed by atoms with Gasteiger partial charge in [-0.2, -0.15) is 0 Å². The molecule has 2 aromatic rings. The van der Waals surface area contributed by atoms with Gasteiger partial charge in [0.05, 0.1) is 0 Å². The Morgan fingerprint density at radius 1 is 0.957 bits per heavy atom. The van der Waals surface area contributed by atoms with Crippen LogP contribution >= 0.6 is 15.9 Å². The van der Waals surface area contributed by atoms with Gasteiger partial charge in [0.1, 0.15) is 0 Å². The molecule has 2 amide bonds. The summed E-state index contributed by atoms with van der Waals surface area (Å²) in [4.78, 5) is 27.3. The first-order chi connectivity index (χ1) is 11.2. The fraction of sp³-hybridized carbons (Fsp3) is 0.368. The van der Waals surface area contributed by atoms with Gasteiger partial charge in [-0.05, 0) is 42.3 Å². The summed E-state index contributed by atoms with van der Waals surface area (Å²) >= 11 is 3.52. The van der Waals surface area contributed by atoms with Crippen LogP contribution in [-0.2, 0) is 0 Å². The van der Waals surface area contributed by atoms with Gasteiger partial charge in [-0.3, -0.25) is 14.5 Å².